The van der Waals surface area contributed by atoms with E-state index in [-0.39, 0.29) is 18.5 Å². The fourth-order valence-electron chi connectivity index (χ4n) is 11.8. The molecule has 81 heavy (non-hydrogen) atoms. The van der Waals surface area contributed by atoms with Gasteiger partial charge in [-0.05, 0) is 57.8 Å². The van der Waals surface area contributed by atoms with Crippen molar-refractivity contribution >= 4 is 11.9 Å². The Bertz CT molecular complexity index is 1270. The lowest BCUT2D eigenvalue weighted by Crippen LogP contribution is -2.45. The second kappa shape index (κ2) is 70.8. The predicted octanol–water partition coefficient (Wildman–Crippen LogP) is 24.1. The quantitative estimate of drug-likeness (QED) is 0.0320. The highest BCUT2D eigenvalue weighted by molar-refractivity contribution is 5.76. The van der Waals surface area contributed by atoms with Gasteiger partial charge >= 0.3 is 5.97 Å². The van der Waals surface area contributed by atoms with Crippen LogP contribution in [0.3, 0.4) is 0 Å². The third-order valence-electron chi connectivity index (χ3n) is 17.5. The Balaban J connectivity index is 3.30. The predicted molar refractivity (Wildman–Crippen MR) is 356 cm³/mol. The number of nitrogens with one attached hydrogen (secondary N) is 1. The zero-order valence-corrected chi connectivity index (χ0v) is 55.0. The summed E-state index contributed by atoms with van der Waals surface area (Å²) >= 11 is 0. The Morgan fingerprint density at radius 2 is 0.580 bits per heavy atom. The summed E-state index contributed by atoms with van der Waals surface area (Å²) in [5, 5.41) is 23.1. The second-order valence-corrected chi connectivity index (χ2v) is 25.6. The van der Waals surface area contributed by atoms with E-state index in [1.807, 2.05) is 6.08 Å². The summed E-state index contributed by atoms with van der Waals surface area (Å²) in [6.07, 6.45) is 90.0. The normalized spacial score (nSPS) is 12.6. The number of allylic oxidation sites excluding steroid dienone is 3. The molecule has 0 spiro atoms. The topological polar surface area (TPSA) is 95.9 Å². The molecule has 0 rings (SSSR count). The molecule has 0 heterocycles. The van der Waals surface area contributed by atoms with Crippen molar-refractivity contribution in [2.24, 2.45) is 0 Å². The highest BCUT2D eigenvalue weighted by Crippen LogP contribution is 2.19. The molecule has 0 radical (unpaired) electrons. The van der Waals surface area contributed by atoms with E-state index in [4.69, 9.17) is 4.74 Å². The number of hydrogen-bond donors (Lipinski definition) is 3. The maximum absolute atomic E-state index is 12.5. The molecule has 0 aliphatic carbocycles. The van der Waals surface area contributed by atoms with Gasteiger partial charge in [0.05, 0.1) is 25.4 Å². The van der Waals surface area contributed by atoms with Crippen LogP contribution in [0.5, 0.6) is 0 Å². The van der Waals surface area contributed by atoms with Gasteiger partial charge in [0.1, 0.15) is 0 Å². The number of hydrogen-bond acceptors (Lipinski definition) is 5. The summed E-state index contributed by atoms with van der Waals surface area (Å²) in [6.45, 7) is 4.93. The number of rotatable bonds is 70. The molecule has 0 fully saturated rings. The van der Waals surface area contributed by atoms with Gasteiger partial charge in [-0.2, -0.15) is 0 Å². The summed E-state index contributed by atoms with van der Waals surface area (Å²) in [5.41, 5.74) is 0. The third kappa shape index (κ3) is 67.3. The van der Waals surface area contributed by atoms with Crippen molar-refractivity contribution in [1.29, 1.82) is 0 Å². The highest BCUT2D eigenvalue weighted by Gasteiger charge is 2.18. The Labute approximate surface area is 507 Å². The number of ether oxygens (including phenoxy) is 1. The van der Waals surface area contributed by atoms with E-state index in [1.54, 1.807) is 6.08 Å². The van der Waals surface area contributed by atoms with Crippen molar-refractivity contribution in [3.8, 4) is 0 Å². The molecule has 6 nitrogen and oxygen atoms in total. The summed E-state index contributed by atoms with van der Waals surface area (Å²) in [5.74, 6) is -0.0452. The smallest absolute Gasteiger partial charge is 0.305 e. The fraction of sp³-hybridized carbons (Fsp3) is 0.920. The summed E-state index contributed by atoms with van der Waals surface area (Å²) in [7, 11) is 0. The second-order valence-electron chi connectivity index (χ2n) is 25.6. The average Bonchev–Trinajstić information content (AvgIpc) is 3.47. The minimum absolute atomic E-state index is 0.0156. The van der Waals surface area contributed by atoms with Crippen LogP contribution >= 0.6 is 0 Å². The number of esters is 1. The first kappa shape index (κ1) is 79.3. The van der Waals surface area contributed by atoms with Gasteiger partial charge in [0.15, 0.2) is 0 Å². The molecule has 0 aromatic heterocycles. The molecule has 0 saturated heterocycles. The fourth-order valence-corrected chi connectivity index (χ4v) is 11.8. The van der Waals surface area contributed by atoms with Crippen LogP contribution in [0.1, 0.15) is 418 Å². The van der Waals surface area contributed by atoms with Gasteiger partial charge < -0.3 is 20.3 Å². The monoisotopic (exact) mass is 1140 g/mol. The maximum atomic E-state index is 12.5. The maximum Gasteiger partial charge on any atom is 0.305 e. The van der Waals surface area contributed by atoms with Crippen LogP contribution in [0.25, 0.3) is 0 Å². The van der Waals surface area contributed by atoms with Crippen LogP contribution < -0.4 is 5.32 Å². The lowest BCUT2D eigenvalue weighted by molar-refractivity contribution is -0.143. The van der Waals surface area contributed by atoms with E-state index in [2.05, 4.69) is 31.3 Å². The first-order chi connectivity index (χ1) is 40.0. The van der Waals surface area contributed by atoms with Crippen molar-refractivity contribution in [1.82, 2.24) is 5.32 Å². The molecule has 3 N–H and O–H groups in total. The van der Waals surface area contributed by atoms with Crippen LogP contribution in [0.2, 0.25) is 0 Å². The number of unbranched alkanes of at least 4 members (excludes halogenated alkanes) is 57. The molecule has 0 aliphatic heterocycles. The number of aliphatic hydroxyl groups excluding tert-OH is 2. The number of aliphatic hydroxyl groups is 2. The van der Waals surface area contributed by atoms with Gasteiger partial charge in [0.25, 0.3) is 0 Å². The standard InChI is InChI=1S/C75H145NO5/c1-3-5-7-9-11-13-15-17-18-41-45-49-53-57-61-65-69-75(80)81-70-66-62-58-54-50-46-42-39-37-35-33-31-29-27-25-23-21-19-20-22-24-26-28-30-32-34-36-38-40-44-48-52-56-60-64-68-74(79)76-72(71-77)73(78)67-63-59-55-51-47-43-16-14-12-10-8-6-4-2/h18,41,63,67,72-73,77-78H,3-17,19-40,42-62,64-66,68-71H2,1-2H3,(H,76,79)/b41-18-,67-63+. The van der Waals surface area contributed by atoms with Gasteiger partial charge in [0, 0.05) is 12.8 Å². The average molecular weight is 1140 g/mol. The van der Waals surface area contributed by atoms with Crippen LogP contribution in [0.4, 0.5) is 0 Å². The van der Waals surface area contributed by atoms with Crippen molar-refractivity contribution < 1.29 is 24.5 Å². The van der Waals surface area contributed by atoms with E-state index in [9.17, 15) is 19.8 Å². The Morgan fingerprint density at radius 1 is 0.333 bits per heavy atom. The molecule has 2 unspecified atom stereocenters. The first-order valence-corrected chi connectivity index (χ1v) is 37.1. The molecule has 0 bridgehead atoms. The van der Waals surface area contributed by atoms with Crippen LogP contribution in [-0.2, 0) is 14.3 Å². The van der Waals surface area contributed by atoms with Crippen LogP contribution in [0, 0.1) is 0 Å². The largest absolute Gasteiger partial charge is 0.466 e. The molecule has 2 atom stereocenters. The Hall–Kier alpha value is -1.66. The van der Waals surface area contributed by atoms with Crippen LogP contribution in [-0.4, -0.2) is 47.4 Å². The minimum Gasteiger partial charge on any atom is -0.466 e. The van der Waals surface area contributed by atoms with Gasteiger partial charge in [0.2, 0.25) is 5.91 Å². The summed E-state index contributed by atoms with van der Waals surface area (Å²) in [4.78, 5) is 24.6. The first-order valence-electron chi connectivity index (χ1n) is 37.1. The minimum atomic E-state index is -0.839. The SMILES string of the molecule is CCCCCCCCC/C=C\CCCCCCCC(=O)OCCCCCCCCCCCCCCCCCCCCCCCCCCCCCCCCCCCCCC(=O)NC(CO)C(O)/C=C/CCCCCCCCCCCCC. The summed E-state index contributed by atoms with van der Waals surface area (Å²) < 4.78 is 5.50. The molecule has 0 aliphatic rings. The molecular weight excluding hydrogens is 995 g/mol. The third-order valence-corrected chi connectivity index (χ3v) is 17.5. The molecule has 480 valence electrons. The van der Waals surface area contributed by atoms with E-state index in [1.165, 1.54) is 347 Å². The summed E-state index contributed by atoms with van der Waals surface area (Å²) in [6, 6.07) is -0.623. The van der Waals surface area contributed by atoms with Crippen molar-refractivity contribution in [2.75, 3.05) is 13.2 Å². The van der Waals surface area contributed by atoms with Gasteiger partial charge in [-0.3, -0.25) is 9.59 Å². The van der Waals surface area contributed by atoms with E-state index < -0.39 is 12.1 Å². The van der Waals surface area contributed by atoms with Gasteiger partial charge in [-0.1, -0.05) is 372 Å². The van der Waals surface area contributed by atoms with Crippen LogP contribution in [0.15, 0.2) is 24.3 Å². The van der Waals surface area contributed by atoms with E-state index in [0.29, 0.717) is 19.4 Å². The molecule has 0 aromatic carbocycles. The molecule has 6 heteroatoms. The Morgan fingerprint density at radius 3 is 0.877 bits per heavy atom. The Kier molecular flexibility index (Phi) is 69.4. The number of amides is 1. The van der Waals surface area contributed by atoms with E-state index >= 15 is 0 Å². The molecule has 1 amide bonds. The lowest BCUT2D eigenvalue weighted by atomic mass is 10.0. The molecular formula is C75H145NO5. The number of carbonyl (C=O) groups is 2. The zero-order valence-electron chi connectivity index (χ0n) is 55.0. The van der Waals surface area contributed by atoms with Gasteiger partial charge in [-0.25, -0.2) is 0 Å². The molecule has 0 aromatic rings. The highest BCUT2D eigenvalue weighted by atomic mass is 16.5. The molecule has 0 saturated carbocycles. The van der Waals surface area contributed by atoms with Crippen molar-refractivity contribution in [3.05, 3.63) is 24.3 Å². The van der Waals surface area contributed by atoms with Crippen molar-refractivity contribution in [2.45, 2.75) is 431 Å². The van der Waals surface area contributed by atoms with Crippen molar-refractivity contribution in [3.63, 3.8) is 0 Å². The van der Waals surface area contributed by atoms with E-state index in [0.717, 1.165) is 44.9 Å². The number of carbonyl (C=O) groups excluding carboxylic acids is 2. The lowest BCUT2D eigenvalue weighted by Gasteiger charge is -2.20. The van der Waals surface area contributed by atoms with Gasteiger partial charge in [-0.15, -0.1) is 0 Å². The zero-order chi connectivity index (χ0) is 58.5.